The number of carbonyl (C=O) groups is 1. The van der Waals surface area contributed by atoms with Crippen molar-refractivity contribution in [2.45, 2.75) is 33.2 Å². The number of hydrogen-bond donors (Lipinski definition) is 1. The van der Waals surface area contributed by atoms with Crippen LogP contribution in [0, 0.1) is 19.8 Å². The maximum absolute atomic E-state index is 13.3. The van der Waals surface area contributed by atoms with Crippen LogP contribution in [0.3, 0.4) is 0 Å². The van der Waals surface area contributed by atoms with Gasteiger partial charge in [-0.2, -0.15) is 0 Å². The number of fused-ring (bicyclic) bond motifs is 1. The minimum Gasteiger partial charge on any atom is -0.352 e. The maximum atomic E-state index is 13.3. The van der Waals surface area contributed by atoms with Gasteiger partial charge in [-0.05, 0) is 81.1 Å². The number of rotatable bonds is 6. The number of amides is 1. The molecule has 1 aliphatic heterocycles. The Bertz CT molecular complexity index is 1330. The predicted molar refractivity (Wildman–Crippen MR) is 141 cm³/mol. The Morgan fingerprint density at radius 3 is 2.57 bits per heavy atom. The average molecular weight is 465 g/mol. The van der Waals surface area contributed by atoms with Crippen LogP contribution in [0.25, 0.3) is 22.3 Å². The van der Waals surface area contributed by atoms with Gasteiger partial charge in [-0.25, -0.2) is 4.98 Å². The zero-order valence-corrected chi connectivity index (χ0v) is 20.5. The third-order valence-electron chi connectivity index (χ3n) is 7.05. The van der Waals surface area contributed by atoms with Crippen LogP contribution >= 0.6 is 0 Å². The van der Waals surface area contributed by atoms with E-state index in [0.29, 0.717) is 23.7 Å². The molecule has 0 radical (unpaired) electrons. The van der Waals surface area contributed by atoms with E-state index in [-0.39, 0.29) is 5.91 Å². The Morgan fingerprint density at radius 1 is 0.971 bits per heavy atom. The van der Waals surface area contributed by atoms with Crippen molar-refractivity contribution in [2.75, 3.05) is 19.6 Å². The summed E-state index contributed by atoms with van der Waals surface area (Å²) < 4.78 is 0. The molecule has 35 heavy (non-hydrogen) atoms. The quantitative estimate of drug-likeness (QED) is 0.406. The van der Waals surface area contributed by atoms with E-state index in [1.54, 1.807) is 6.20 Å². The molecule has 1 aliphatic rings. The van der Waals surface area contributed by atoms with Gasteiger partial charge < -0.3 is 5.32 Å². The molecule has 178 valence electrons. The molecule has 1 amide bonds. The van der Waals surface area contributed by atoms with Crippen LogP contribution in [0.5, 0.6) is 0 Å². The van der Waals surface area contributed by atoms with Gasteiger partial charge in [0.05, 0.1) is 22.5 Å². The van der Waals surface area contributed by atoms with E-state index in [1.807, 2.05) is 48.5 Å². The number of para-hydroxylation sites is 1. The fourth-order valence-corrected chi connectivity index (χ4v) is 4.90. The van der Waals surface area contributed by atoms with E-state index in [2.05, 4.69) is 47.2 Å². The summed E-state index contributed by atoms with van der Waals surface area (Å²) in [5.41, 5.74) is 7.05. The topological polar surface area (TPSA) is 58.1 Å². The highest BCUT2D eigenvalue weighted by molar-refractivity contribution is 6.07. The number of likely N-dealkylation sites (tertiary alicyclic amines) is 1. The molecule has 0 aliphatic carbocycles. The number of aryl methyl sites for hydroxylation is 2. The van der Waals surface area contributed by atoms with E-state index in [1.165, 1.54) is 16.7 Å². The highest BCUT2D eigenvalue weighted by Crippen LogP contribution is 2.24. The highest BCUT2D eigenvalue weighted by Gasteiger charge is 2.21. The molecule has 2 aromatic heterocycles. The molecule has 0 unspecified atom stereocenters. The predicted octanol–water partition coefficient (Wildman–Crippen LogP) is 5.56. The minimum atomic E-state index is -0.0430. The number of nitrogens with zero attached hydrogens (tertiary/aromatic N) is 3. The fourth-order valence-electron chi connectivity index (χ4n) is 4.90. The van der Waals surface area contributed by atoms with Gasteiger partial charge in [0.1, 0.15) is 0 Å². The average Bonchev–Trinajstić information content (AvgIpc) is 2.90. The first-order valence-electron chi connectivity index (χ1n) is 12.4. The summed E-state index contributed by atoms with van der Waals surface area (Å²) in [6, 6.07) is 22.1. The lowest BCUT2D eigenvalue weighted by Gasteiger charge is -2.32. The number of benzene rings is 2. The molecule has 1 fully saturated rings. The van der Waals surface area contributed by atoms with Crippen molar-refractivity contribution >= 4 is 16.8 Å². The third-order valence-corrected chi connectivity index (χ3v) is 7.05. The lowest BCUT2D eigenvalue weighted by molar-refractivity contribution is 0.0937. The summed E-state index contributed by atoms with van der Waals surface area (Å²) in [6.07, 6.45) is 3.95. The minimum absolute atomic E-state index is 0.0430. The fraction of sp³-hybridized carbons (Fsp3) is 0.300. The Balaban J connectivity index is 1.23. The summed E-state index contributed by atoms with van der Waals surface area (Å²) in [6.45, 7) is 8.19. The number of piperidine rings is 1. The van der Waals surface area contributed by atoms with Gasteiger partial charge in [0, 0.05) is 24.7 Å². The van der Waals surface area contributed by atoms with Crippen LogP contribution in [0.1, 0.15) is 39.9 Å². The normalized spacial score (nSPS) is 14.8. The molecular formula is C30H32N4O. The molecule has 5 rings (SSSR count). The first-order chi connectivity index (χ1) is 17.1. The second-order valence-electron chi connectivity index (χ2n) is 9.65. The van der Waals surface area contributed by atoms with Crippen molar-refractivity contribution in [3.8, 4) is 11.4 Å². The van der Waals surface area contributed by atoms with Crippen LogP contribution in [-0.4, -0.2) is 40.4 Å². The summed E-state index contributed by atoms with van der Waals surface area (Å²) in [5.74, 6) is 0.454. The van der Waals surface area contributed by atoms with E-state index in [0.717, 1.165) is 49.1 Å². The molecule has 5 heteroatoms. The molecule has 5 nitrogen and oxygen atoms in total. The smallest absolute Gasteiger partial charge is 0.252 e. The Hall–Kier alpha value is -3.57. The molecule has 0 spiro atoms. The zero-order valence-electron chi connectivity index (χ0n) is 20.5. The molecule has 1 N–H and O–H groups in total. The van der Waals surface area contributed by atoms with E-state index in [9.17, 15) is 4.79 Å². The van der Waals surface area contributed by atoms with Crippen molar-refractivity contribution in [2.24, 2.45) is 5.92 Å². The van der Waals surface area contributed by atoms with Crippen molar-refractivity contribution < 1.29 is 4.79 Å². The van der Waals surface area contributed by atoms with Gasteiger partial charge in [0.25, 0.3) is 5.91 Å². The number of nitrogens with one attached hydrogen (secondary N) is 1. The molecule has 0 saturated carbocycles. The lowest BCUT2D eigenvalue weighted by Crippen LogP contribution is -2.38. The number of hydrogen-bond acceptors (Lipinski definition) is 4. The van der Waals surface area contributed by atoms with Gasteiger partial charge in [-0.1, -0.05) is 48.0 Å². The van der Waals surface area contributed by atoms with Crippen LogP contribution in [-0.2, 0) is 6.54 Å². The first kappa shape index (κ1) is 23.2. The molecular weight excluding hydrogens is 432 g/mol. The third kappa shape index (κ3) is 5.41. The van der Waals surface area contributed by atoms with Gasteiger partial charge in [0.15, 0.2) is 0 Å². The Morgan fingerprint density at radius 2 is 1.77 bits per heavy atom. The standard InChI is InChI=1S/C30H32N4O/c1-21-10-11-22(2)24(17-21)20-34-15-12-23(13-16-34)19-32-30(35)26-18-29(28-9-5-6-14-31-28)33-27-8-4-3-7-25(26)27/h3-11,14,17-18,23H,12-13,15-16,19-20H2,1-2H3,(H,32,35). The maximum Gasteiger partial charge on any atom is 0.252 e. The highest BCUT2D eigenvalue weighted by atomic mass is 16.1. The summed E-state index contributed by atoms with van der Waals surface area (Å²) in [7, 11) is 0. The van der Waals surface area contributed by atoms with Crippen molar-refractivity contribution in [3.63, 3.8) is 0 Å². The van der Waals surface area contributed by atoms with Crippen LogP contribution in [0.2, 0.25) is 0 Å². The zero-order chi connectivity index (χ0) is 24.2. The molecule has 0 bridgehead atoms. The molecule has 1 saturated heterocycles. The largest absolute Gasteiger partial charge is 0.352 e. The summed E-state index contributed by atoms with van der Waals surface area (Å²) >= 11 is 0. The second kappa shape index (κ2) is 10.4. The van der Waals surface area contributed by atoms with Crippen molar-refractivity contribution in [3.05, 3.63) is 95.2 Å². The van der Waals surface area contributed by atoms with Crippen molar-refractivity contribution in [1.82, 2.24) is 20.2 Å². The Labute approximate surface area is 207 Å². The van der Waals surface area contributed by atoms with E-state index < -0.39 is 0 Å². The molecule has 0 atom stereocenters. The first-order valence-corrected chi connectivity index (χ1v) is 12.4. The Kier molecular flexibility index (Phi) is 6.87. The molecule has 2 aromatic carbocycles. The lowest BCUT2D eigenvalue weighted by atomic mass is 9.95. The number of pyridine rings is 2. The van der Waals surface area contributed by atoms with Crippen LogP contribution in [0.4, 0.5) is 0 Å². The van der Waals surface area contributed by atoms with Gasteiger partial charge in [-0.3, -0.25) is 14.7 Å². The van der Waals surface area contributed by atoms with E-state index >= 15 is 0 Å². The second-order valence-corrected chi connectivity index (χ2v) is 9.65. The SMILES string of the molecule is Cc1ccc(C)c(CN2CCC(CNC(=O)c3cc(-c4ccccn4)nc4ccccc34)CC2)c1. The number of carbonyl (C=O) groups excluding carboxylic acids is 1. The van der Waals surface area contributed by atoms with Crippen LogP contribution < -0.4 is 5.32 Å². The molecule has 3 heterocycles. The number of aromatic nitrogens is 2. The van der Waals surface area contributed by atoms with Gasteiger partial charge >= 0.3 is 0 Å². The van der Waals surface area contributed by atoms with Crippen molar-refractivity contribution in [1.29, 1.82) is 0 Å². The monoisotopic (exact) mass is 464 g/mol. The van der Waals surface area contributed by atoms with Gasteiger partial charge in [0.2, 0.25) is 0 Å². The van der Waals surface area contributed by atoms with Crippen LogP contribution in [0.15, 0.2) is 72.9 Å². The summed E-state index contributed by atoms with van der Waals surface area (Å²) in [4.78, 5) is 25.0. The van der Waals surface area contributed by atoms with E-state index in [4.69, 9.17) is 4.98 Å². The molecule has 4 aromatic rings. The summed E-state index contributed by atoms with van der Waals surface area (Å²) in [5, 5.41) is 4.08. The van der Waals surface area contributed by atoms with Gasteiger partial charge in [-0.15, -0.1) is 0 Å².